The summed E-state index contributed by atoms with van der Waals surface area (Å²) in [6, 6.07) is 6.95. The molecule has 0 aliphatic heterocycles. The quantitative estimate of drug-likeness (QED) is 0.833. The predicted octanol–water partition coefficient (Wildman–Crippen LogP) is 2.84. The maximum atomic E-state index is 12.2. The molecule has 0 radical (unpaired) electrons. The molecule has 0 aliphatic carbocycles. The lowest BCUT2D eigenvalue weighted by molar-refractivity contribution is -0.132. The van der Waals surface area contributed by atoms with Gasteiger partial charge in [-0.1, -0.05) is 19.9 Å². The van der Waals surface area contributed by atoms with Crippen LogP contribution in [0.2, 0.25) is 0 Å². The summed E-state index contributed by atoms with van der Waals surface area (Å²) >= 11 is 1.29. The van der Waals surface area contributed by atoms with E-state index in [1.807, 2.05) is 13.8 Å². The van der Waals surface area contributed by atoms with Gasteiger partial charge in [0.2, 0.25) is 0 Å². The van der Waals surface area contributed by atoms with E-state index in [-0.39, 0.29) is 18.4 Å². The fourth-order valence-electron chi connectivity index (χ4n) is 1.75. The van der Waals surface area contributed by atoms with Gasteiger partial charge in [0.15, 0.2) is 6.10 Å². The minimum absolute atomic E-state index is 0.120. The Kier molecular flexibility index (Phi) is 5.16. The van der Waals surface area contributed by atoms with Crippen molar-refractivity contribution in [2.24, 2.45) is 5.92 Å². The molecule has 6 heteroatoms. The van der Waals surface area contributed by atoms with Crippen LogP contribution in [0.4, 0.5) is 0 Å². The summed E-state index contributed by atoms with van der Waals surface area (Å²) in [5, 5.41) is 4.50. The van der Waals surface area contributed by atoms with E-state index in [0.29, 0.717) is 10.6 Å². The first kappa shape index (κ1) is 15.3. The summed E-state index contributed by atoms with van der Waals surface area (Å²) in [6.45, 7) is 3.93. The zero-order chi connectivity index (χ0) is 15.2. The molecule has 1 amide bonds. The normalized spacial score (nSPS) is 12.1. The minimum atomic E-state index is -0.824. The number of furan rings is 1. The summed E-state index contributed by atoms with van der Waals surface area (Å²) in [7, 11) is 0. The second-order valence-electron chi connectivity index (χ2n) is 4.84. The Labute approximate surface area is 126 Å². The molecule has 0 aliphatic rings. The van der Waals surface area contributed by atoms with Gasteiger partial charge in [-0.2, -0.15) is 0 Å². The van der Waals surface area contributed by atoms with Crippen molar-refractivity contribution in [1.82, 2.24) is 5.32 Å². The van der Waals surface area contributed by atoms with Gasteiger partial charge in [-0.05, 0) is 29.5 Å². The Morgan fingerprint density at radius 2 is 2.14 bits per heavy atom. The SMILES string of the molecule is CC(C)[C@H](OC(=O)c1cccs1)C(=O)NCc1ccco1. The molecule has 1 atom stereocenters. The summed E-state index contributed by atoms with van der Waals surface area (Å²) in [5.41, 5.74) is 0. The lowest BCUT2D eigenvalue weighted by Gasteiger charge is -2.20. The maximum Gasteiger partial charge on any atom is 0.349 e. The molecular formula is C15H17NO4S. The molecule has 0 spiro atoms. The summed E-state index contributed by atoms with van der Waals surface area (Å²) in [5.74, 6) is -0.274. The Morgan fingerprint density at radius 1 is 1.33 bits per heavy atom. The van der Waals surface area contributed by atoms with Crippen molar-refractivity contribution in [3.8, 4) is 0 Å². The number of rotatable bonds is 6. The van der Waals surface area contributed by atoms with E-state index in [2.05, 4.69) is 5.32 Å². The smallest absolute Gasteiger partial charge is 0.349 e. The highest BCUT2D eigenvalue weighted by molar-refractivity contribution is 7.11. The third-order valence-electron chi connectivity index (χ3n) is 2.84. The van der Waals surface area contributed by atoms with Crippen LogP contribution in [0.5, 0.6) is 0 Å². The van der Waals surface area contributed by atoms with Gasteiger partial charge < -0.3 is 14.5 Å². The summed E-state index contributed by atoms with van der Waals surface area (Å²) in [6.07, 6.45) is 0.715. The van der Waals surface area contributed by atoms with E-state index in [4.69, 9.17) is 9.15 Å². The minimum Gasteiger partial charge on any atom is -0.467 e. The molecule has 2 heterocycles. The van der Waals surface area contributed by atoms with Gasteiger partial charge in [0.1, 0.15) is 10.6 Å². The lowest BCUT2D eigenvalue weighted by Crippen LogP contribution is -2.40. The molecule has 0 fully saturated rings. The topological polar surface area (TPSA) is 68.5 Å². The van der Waals surface area contributed by atoms with Crippen molar-refractivity contribution in [3.63, 3.8) is 0 Å². The van der Waals surface area contributed by atoms with E-state index in [1.165, 1.54) is 17.6 Å². The van der Waals surface area contributed by atoms with Crippen molar-refractivity contribution < 1.29 is 18.7 Å². The molecule has 112 valence electrons. The zero-order valence-electron chi connectivity index (χ0n) is 11.9. The van der Waals surface area contributed by atoms with Crippen molar-refractivity contribution in [2.45, 2.75) is 26.5 Å². The van der Waals surface area contributed by atoms with Crippen LogP contribution in [0, 0.1) is 5.92 Å². The van der Waals surface area contributed by atoms with Gasteiger partial charge in [-0.15, -0.1) is 11.3 Å². The van der Waals surface area contributed by atoms with Crippen LogP contribution in [-0.4, -0.2) is 18.0 Å². The van der Waals surface area contributed by atoms with E-state index < -0.39 is 12.1 Å². The molecule has 2 aromatic rings. The first-order chi connectivity index (χ1) is 10.1. The van der Waals surface area contributed by atoms with Gasteiger partial charge in [0.05, 0.1) is 12.8 Å². The van der Waals surface area contributed by atoms with E-state index in [0.717, 1.165) is 0 Å². The predicted molar refractivity (Wildman–Crippen MR) is 78.9 cm³/mol. The van der Waals surface area contributed by atoms with Gasteiger partial charge in [0.25, 0.3) is 5.91 Å². The number of hydrogen-bond acceptors (Lipinski definition) is 5. The molecular weight excluding hydrogens is 290 g/mol. The van der Waals surface area contributed by atoms with Crippen molar-refractivity contribution in [3.05, 3.63) is 46.5 Å². The molecule has 0 saturated carbocycles. The molecule has 21 heavy (non-hydrogen) atoms. The van der Waals surface area contributed by atoms with Crippen molar-refractivity contribution in [2.75, 3.05) is 0 Å². The Balaban J connectivity index is 1.94. The molecule has 0 unspecified atom stereocenters. The largest absolute Gasteiger partial charge is 0.467 e. The zero-order valence-corrected chi connectivity index (χ0v) is 12.7. The number of hydrogen-bond donors (Lipinski definition) is 1. The maximum absolute atomic E-state index is 12.2. The number of thiophene rings is 1. The number of esters is 1. The Morgan fingerprint density at radius 3 is 2.71 bits per heavy atom. The highest BCUT2D eigenvalue weighted by Gasteiger charge is 2.27. The van der Waals surface area contributed by atoms with Crippen LogP contribution in [0.15, 0.2) is 40.3 Å². The lowest BCUT2D eigenvalue weighted by atomic mass is 10.1. The molecule has 5 nitrogen and oxygen atoms in total. The standard InChI is InChI=1S/C15H17NO4S/c1-10(2)13(20-15(18)12-6-4-8-21-12)14(17)16-9-11-5-3-7-19-11/h3-8,10,13H,9H2,1-2H3,(H,16,17)/t13-/m0/s1. The average Bonchev–Trinajstić information content (AvgIpc) is 3.13. The molecule has 0 saturated heterocycles. The molecule has 0 aromatic carbocycles. The van der Waals surface area contributed by atoms with E-state index >= 15 is 0 Å². The van der Waals surface area contributed by atoms with Crippen LogP contribution >= 0.6 is 11.3 Å². The van der Waals surface area contributed by atoms with Gasteiger partial charge in [-0.3, -0.25) is 4.79 Å². The number of amides is 1. The van der Waals surface area contributed by atoms with Gasteiger partial charge in [0, 0.05) is 0 Å². The van der Waals surface area contributed by atoms with Crippen molar-refractivity contribution >= 4 is 23.2 Å². The van der Waals surface area contributed by atoms with Crippen LogP contribution in [0.3, 0.4) is 0 Å². The monoisotopic (exact) mass is 307 g/mol. The third kappa shape index (κ3) is 4.19. The fraction of sp³-hybridized carbons (Fsp3) is 0.333. The van der Waals surface area contributed by atoms with Gasteiger partial charge >= 0.3 is 5.97 Å². The molecule has 2 rings (SSSR count). The molecule has 1 N–H and O–H groups in total. The Bertz CT molecular complexity index is 575. The third-order valence-corrected chi connectivity index (χ3v) is 3.69. The number of nitrogens with one attached hydrogen (secondary N) is 1. The van der Waals surface area contributed by atoms with Crippen LogP contribution < -0.4 is 5.32 Å². The van der Waals surface area contributed by atoms with Crippen molar-refractivity contribution in [1.29, 1.82) is 0 Å². The first-order valence-corrected chi connectivity index (χ1v) is 7.50. The van der Waals surface area contributed by atoms with Crippen LogP contribution in [0.1, 0.15) is 29.3 Å². The highest BCUT2D eigenvalue weighted by Crippen LogP contribution is 2.15. The molecule has 0 bridgehead atoms. The van der Waals surface area contributed by atoms with E-state index in [1.54, 1.807) is 29.6 Å². The highest BCUT2D eigenvalue weighted by atomic mass is 32.1. The second-order valence-corrected chi connectivity index (χ2v) is 5.79. The number of ether oxygens (including phenoxy) is 1. The van der Waals surface area contributed by atoms with E-state index in [9.17, 15) is 9.59 Å². The Hall–Kier alpha value is -2.08. The molecule has 2 aromatic heterocycles. The number of carbonyl (C=O) groups excluding carboxylic acids is 2. The van der Waals surface area contributed by atoms with Crippen LogP contribution in [-0.2, 0) is 16.1 Å². The average molecular weight is 307 g/mol. The number of carbonyl (C=O) groups is 2. The summed E-state index contributed by atoms with van der Waals surface area (Å²) in [4.78, 5) is 24.6. The second kappa shape index (κ2) is 7.08. The fourth-order valence-corrected chi connectivity index (χ4v) is 2.35. The van der Waals surface area contributed by atoms with Gasteiger partial charge in [-0.25, -0.2) is 4.79 Å². The first-order valence-electron chi connectivity index (χ1n) is 6.62. The summed E-state index contributed by atoms with van der Waals surface area (Å²) < 4.78 is 10.5. The van der Waals surface area contributed by atoms with Crippen LogP contribution in [0.25, 0.3) is 0 Å².